The zero-order valence-electron chi connectivity index (χ0n) is 8.84. The van der Waals surface area contributed by atoms with Gasteiger partial charge >= 0.3 is 5.35 Å². The second kappa shape index (κ2) is 3.66. The topological polar surface area (TPSA) is 38.9 Å². The van der Waals surface area contributed by atoms with E-state index in [0.717, 1.165) is 11.1 Å². The van der Waals surface area contributed by atoms with Gasteiger partial charge in [-0.05, 0) is 55.1 Å². The molecule has 1 aromatic heterocycles. The number of hydrogen-bond acceptors (Lipinski definition) is 3. The van der Waals surface area contributed by atoms with Crippen LogP contribution in [-0.2, 0) is 0 Å². The first-order chi connectivity index (χ1) is 7.08. The normalized spacial score (nSPS) is 10.7. The van der Waals surface area contributed by atoms with E-state index in [4.69, 9.17) is 16.1 Å². The van der Waals surface area contributed by atoms with Crippen LogP contribution in [-0.4, -0.2) is 10.1 Å². The lowest BCUT2D eigenvalue weighted by atomic mass is 10.0. The summed E-state index contributed by atoms with van der Waals surface area (Å²) in [6, 6.07) is 4.15. The number of benzene rings is 1. The molecule has 1 aromatic carbocycles. The monoisotopic (exact) mass is 222 g/mol. The lowest BCUT2D eigenvalue weighted by molar-refractivity contribution is 0.421. The maximum Gasteiger partial charge on any atom is 0.320 e. The van der Waals surface area contributed by atoms with Gasteiger partial charge < -0.3 is 4.52 Å². The molecule has 3 nitrogen and oxygen atoms in total. The van der Waals surface area contributed by atoms with Gasteiger partial charge in [-0.15, -0.1) is 0 Å². The predicted molar refractivity (Wildman–Crippen MR) is 59.0 cm³/mol. The Morgan fingerprint density at radius 1 is 1.07 bits per heavy atom. The molecule has 0 bridgehead atoms. The third kappa shape index (κ3) is 1.88. The van der Waals surface area contributed by atoms with Crippen molar-refractivity contribution in [2.24, 2.45) is 0 Å². The smallest absolute Gasteiger partial charge is 0.320 e. The zero-order valence-corrected chi connectivity index (χ0v) is 9.59. The van der Waals surface area contributed by atoms with Crippen LogP contribution in [0.1, 0.15) is 16.7 Å². The number of nitrogens with zero attached hydrogens (tertiary/aromatic N) is 2. The standard InChI is InChI=1S/C11H11ClN2O/c1-6-4-8(3)9(5-7(6)2)10-13-11(12)15-14-10/h4-5H,1-3H3. The van der Waals surface area contributed by atoms with E-state index < -0.39 is 0 Å². The van der Waals surface area contributed by atoms with Crippen LogP contribution in [0, 0.1) is 20.8 Å². The zero-order chi connectivity index (χ0) is 11.0. The molecular weight excluding hydrogens is 212 g/mol. The average molecular weight is 223 g/mol. The molecule has 15 heavy (non-hydrogen) atoms. The predicted octanol–water partition coefficient (Wildman–Crippen LogP) is 3.32. The van der Waals surface area contributed by atoms with E-state index >= 15 is 0 Å². The van der Waals surface area contributed by atoms with Crippen LogP contribution in [0.25, 0.3) is 11.4 Å². The third-order valence-corrected chi connectivity index (χ3v) is 2.64. The molecule has 0 amide bonds. The number of halogens is 1. The Hall–Kier alpha value is -1.35. The summed E-state index contributed by atoms with van der Waals surface area (Å²) in [5, 5.41) is 3.87. The molecule has 4 heteroatoms. The number of rotatable bonds is 1. The molecule has 0 unspecified atom stereocenters. The second-order valence-electron chi connectivity index (χ2n) is 3.62. The molecule has 1 heterocycles. The molecule has 78 valence electrons. The summed E-state index contributed by atoms with van der Waals surface area (Å²) in [5.41, 5.74) is 4.55. The van der Waals surface area contributed by atoms with Gasteiger partial charge in [0.05, 0.1) is 0 Å². The Labute approximate surface area is 93.1 Å². The lowest BCUT2D eigenvalue weighted by Gasteiger charge is -2.05. The number of hydrogen-bond donors (Lipinski definition) is 0. The van der Waals surface area contributed by atoms with Crippen LogP contribution < -0.4 is 0 Å². The van der Waals surface area contributed by atoms with Crippen molar-refractivity contribution < 1.29 is 4.52 Å². The molecule has 2 rings (SSSR count). The van der Waals surface area contributed by atoms with Crippen LogP contribution in [0.5, 0.6) is 0 Å². The summed E-state index contributed by atoms with van der Waals surface area (Å²) in [6.07, 6.45) is 0. The maximum absolute atomic E-state index is 5.59. The minimum Gasteiger partial charge on any atom is -0.321 e. The van der Waals surface area contributed by atoms with E-state index in [1.807, 2.05) is 13.0 Å². The highest BCUT2D eigenvalue weighted by molar-refractivity contribution is 6.27. The fourth-order valence-electron chi connectivity index (χ4n) is 1.52. The van der Waals surface area contributed by atoms with Crippen molar-refractivity contribution in [2.75, 3.05) is 0 Å². The van der Waals surface area contributed by atoms with Crippen LogP contribution in [0.15, 0.2) is 16.7 Å². The minimum atomic E-state index is 0.0719. The number of aromatic nitrogens is 2. The molecule has 2 aromatic rings. The molecule has 0 N–H and O–H groups in total. The third-order valence-electron chi connectivity index (χ3n) is 2.48. The summed E-state index contributed by atoms with van der Waals surface area (Å²) in [6.45, 7) is 6.15. The second-order valence-corrected chi connectivity index (χ2v) is 3.95. The van der Waals surface area contributed by atoms with Gasteiger partial charge in [0.15, 0.2) is 0 Å². The van der Waals surface area contributed by atoms with Gasteiger partial charge in [-0.2, -0.15) is 4.98 Å². The van der Waals surface area contributed by atoms with Crippen molar-refractivity contribution in [1.29, 1.82) is 0 Å². The molecule has 0 aliphatic carbocycles. The summed E-state index contributed by atoms with van der Waals surface area (Å²) in [7, 11) is 0. The van der Waals surface area contributed by atoms with Gasteiger partial charge in [0.25, 0.3) is 0 Å². The fourth-order valence-corrected chi connectivity index (χ4v) is 1.63. The summed E-state index contributed by atoms with van der Waals surface area (Å²) in [5.74, 6) is 0.542. The Bertz CT molecular complexity index is 505. The molecule has 0 fully saturated rings. The number of aryl methyl sites for hydroxylation is 3. The van der Waals surface area contributed by atoms with Gasteiger partial charge in [-0.25, -0.2) is 0 Å². The minimum absolute atomic E-state index is 0.0719. The van der Waals surface area contributed by atoms with Gasteiger partial charge in [-0.1, -0.05) is 11.2 Å². The average Bonchev–Trinajstić information content (AvgIpc) is 2.58. The SMILES string of the molecule is Cc1cc(C)c(-c2noc(Cl)n2)cc1C. The van der Waals surface area contributed by atoms with E-state index in [0.29, 0.717) is 5.82 Å². The van der Waals surface area contributed by atoms with Crippen molar-refractivity contribution >= 4 is 11.6 Å². The van der Waals surface area contributed by atoms with Gasteiger partial charge in [-0.3, -0.25) is 0 Å². The van der Waals surface area contributed by atoms with E-state index in [1.54, 1.807) is 0 Å². The Kier molecular flexibility index (Phi) is 2.49. The van der Waals surface area contributed by atoms with Crippen molar-refractivity contribution in [3.8, 4) is 11.4 Å². The molecule has 0 radical (unpaired) electrons. The summed E-state index contributed by atoms with van der Waals surface area (Å²) >= 11 is 5.59. The van der Waals surface area contributed by atoms with Crippen molar-refractivity contribution in [3.05, 3.63) is 34.2 Å². The van der Waals surface area contributed by atoms with E-state index in [1.165, 1.54) is 11.1 Å². The molecule has 0 aliphatic heterocycles. The van der Waals surface area contributed by atoms with E-state index in [2.05, 4.69) is 30.1 Å². The highest BCUT2D eigenvalue weighted by Crippen LogP contribution is 2.24. The largest absolute Gasteiger partial charge is 0.321 e. The van der Waals surface area contributed by atoms with E-state index in [9.17, 15) is 0 Å². The van der Waals surface area contributed by atoms with Crippen LogP contribution in [0.4, 0.5) is 0 Å². The fraction of sp³-hybridized carbons (Fsp3) is 0.273. The molecule has 0 aliphatic rings. The van der Waals surface area contributed by atoms with Crippen LogP contribution in [0.3, 0.4) is 0 Å². The van der Waals surface area contributed by atoms with Crippen molar-refractivity contribution in [1.82, 2.24) is 10.1 Å². The highest BCUT2D eigenvalue weighted by Gasteiger charge is 2.10. The Balaban J connectivity index is 2.58. The molecular formula is C11H11ClN2O. The van der Waals surface area contributed by atoms with E-state index in [-0.39, 0.29) is 5.35 Å². The molecule has 0 saturated heterocycles. The Morgan fingerprint density at radius 2 is 1.73 bits per heavy atom. The molecule has 0 spiro atoms. The molecule has 0 saturated carbocycles. The quantitative estimate of drug-likeness (QED) is 0.743. The maximum atomic E-state index is 5.59. The van der Waals surface area contributed by atoms with Crippen molar-refractivity contribution in [2.45, 2.75) is 20.8 Å². The van der Waals surface area contributed by atoms with Gasteiger partial charge in [0, 0.05) is 5.56 Å². The van der Waals surface area contributed by atoms with Gasteiger partial charge in [0.1, 0.15) is 0 Å². The first-order valence-electron chi connectivity index (χ1n) is 4.65. The first kappa shape index (κ1) is 10.2. The first-order valence-corrected chi connectivity index (χ1v) is 5.03. The Morgan fingerprint density at radius 3 is 2.33 bits per heavy atom. The summed E-state index contributed by atoms with van der Waals surface area (Å²) < 4.78 is 4.75. The van der Waals surface area contributed by atoms with Crippen LogP contribution in [0.2, 0.25) is 5.35 Å². The molecule has 0 atom stereocenters. The van der Waals surface area contributed by atoms with Crippen LogP contribution >= 0.6 is 11.6 Å². The van der Waals surface area contributed by atoms with Crippen molar-refractivity contribution in [3.63, 3.8) is 0 Å². The van der Waals surface area contributed by atoms with Gasteiger partial charge in [0.2, 0.25) is 5.82 Å². The lowest BCUT2D eigenvalue weighted by Crippen LogP contribution is -1.90. The summed E-state index contributed by atoms with van der Waals surface area (Å²) in [4.78, 5) is 4.00. The highest BCUT2D eigenvalue weighted by atomic mass is 35.5.